The second-order valence-corrected chi connectivity index (χ2v) is 7.26. The highest BCUT2D eigenvalue weighted by atomic mass is 35.5. The zero-order valence-corrected chi connectivity index (χ0v) is 16.9. The molecule has 6 nitrogen and oxygen atoms in total. The van der Waals surface area contributed by atoms with Crippen molar-refractivity contribution in [1.82, 2.24) is 0 Å². The van der Waals surface area contributed by atoms with Gasteiger partial charge < -0.3 is 9.47 Å². The van der Waals surface area contributed by atoms with Crippen molar-refractivity contribution in [2.75, 3.05) is 7.11 Å². The Morgan fingerprint density at radius 2 is 2.00 bits per heavy atom. The van der Waals surface area contributed by atoms with E-state index < -0.39 is 4.92 Å². The van der Waals surface area contributed by atoms with Crippen LogP contribution in [0, 0.1) is 10.1 Å². The number of halogens is 1. The molecule has 148 valence electrons. The molecular weight excluding hydrogens is 414 g/mol. The standard InChI is InChI=1S/C21H16ClNO5S/c1-27-19-8-5-14(4-7-18(24)21-3-2-10-29-21)11-15(19)13-28-20-9-6-16(23(25)26)12-17(20)22/h2-12H,13H2,1H3/b7-4+. The van der Waals surface area contributed by atoms with Gasteiger partial charge >= 0.3 is 0 Å². The Morgan fingerprint density at radius 3 is 2.66 bits per heavy atom. The number of rotatable bonds is 8. The maximum absolute atomic E-state index is 12.1. The zero-order chi connectivity index (χ0) is 20.8. The molecule has 0 aliphatic heterocycles. The van der Waals surface area contributed by atoms with Crippen molar-refractivity contribution < 1.29 is 19.2 Å². The summed E-state index contributed by atoms with van der Waals surface area (Å²) in [5.41, 5.74) is 1.44. The smallest absolute Gasteiger partial charge is 0.271 e. The van der Waals surface area contributed by atoms with E-state index in [1.165, 1.54) is 35.6 Å². The van der Waals surface area contributed by atoms with E-state index in [1.54, 1.807) is 25.3 Å². The van der Waals surface area contributed by atoms with Gasteiger partial charge in [-0.3, -0.25) is 14.9 Å². The SMILES string of the molecule is COc1ccc(/C=C/C(=O)c2cccs2)cc1COc1ccc([N+](=O)[O-])cc1Cl. The summed E-state index contributed by atoms with van der Waals surface area (Å²) in [5, 5.41) is 12.8. The molecule has 0 N–H and O–H groups in total. The minimum absolute atomic E-state index is 0.0636. The highest BCUT2D eigenvalue weighted by molar-refractivity contribution is 7.12. The summed E-state index contributed by atoms with van der Waals surface area (Å²) in [5.74, 6) is 0.879. The third kappa shape index (κ3) is 5.22. The minimum Gasteiger partial charge on any atom is -0.496 e. The first-order valence-corrected chi connectivity index (χ1v) is 9.73. The summed E-state index contributed by atoms with van der Waals surface area (Å²) in [7, 11) is 1.55. The molecule has 3 aromatic rings. The number of nitro groups is 1. The number of benzene rings is 2. The molecular formula is C21H16ClNO5S. The normalized spacial score (nSPS) is 10.8. The summed E-state index contributed by atoms with van der Waals surface area (Å²) < 4.78 is 11.1. The minimum atomic E-state index is -0.522. The molecule has 0 fully saturated rings. The highest BCUT2D eigenvalue weighted by Crippen LogP contribution is 2.30. The maximum Gasteiger partial charge on any atom is 0.271 e. The van der Waals surface area contributed by atoms with E-state index in [4.69, 9.17) is 21.1 Å². The summed E-state index contributed by atoms with van der Waals surface area (Å²) in [6.07, 6.45) is 3.25. The van der Waals surface area contributed by atoms with Crippen LogP contribution >= 0.6 is 22.9 Å². The lowest BCUT2D eigenvalue weighted by atomic mass is 10.1. The molecule has 29 heavy (non-hydrogen) atoms. The summed E-state index contributed by atoms with van der Waals surface area (Å²) in [6, 6.07) is 13.1. The molecule has 3 rings (SSSR count). The average Bonchev–Trinajstić information content (AvgIpc) is 3.26. The quantitative estimate of drug-likeness (QED) is 0.196. The van der Waals surface area contributed by atoms with Crippen LogP contribution in [0.25, 0.3) is 6.08 Å². The maximum atomic E-state index is 12.1. The van der Waals surface area contributed by atoms with E-state index in [-0.39, 0.29) is 23.1 Å². The number of allylic oxidation sites excluding steroid dienone is 1. The first-order valence-electron chi connectivity index (χ1n) is 8.47. The van der Waals surface area contributed by atoms with Crippen molar-refractivity contribution in [2.45, 2.75) is 6.61 Å². The molecule has 0 unspecified atom stereocenters. The second kappa shape index (κ2) is 9.36. The van der Waals surface area contributed by atoms with E-state index in [1.807, 2.05) is 23.6 Å². The van der Waals surface area contributed by atoms with Gasteiger partial charge in [0.15, 0.2) is 5.78 Å². The Hall–Kier alpha value is -3.16. The van der Waals surface area contributed by atoms with Gasteiger partial charge in [-0.2, -0.15) is 0 Å². The third-order valence-corrected chi connectivity index (χ3v) is 5.18. The van der Waals surface area contributed by atoms with Crippen LogP contribution in [0.3, 0.4) is 0 Å². The molecule has 0 saturated heterocycles. The lowest BCUT2D eigenvalue weighted by Gasteiger charge is -2.12. The fourth-order valence-electron chi connectivity index (χ4n) is 2.56. The third-order valence-electron chi connectivity index (χ3n) is 4.01. The predicted octanol–water partition coefficient (Wildman–Crippen LogP) is 5.79. The number of carbonyl (C=O) groups excluding carboxylic acids is 1. The van der Waals surface area contributed by atoms with Gasteiger partial charge in [0.25, 0.3) is 5.69 Å². The molecule has 8 heteroatoms. The van der Waals surface area contributed by atoms with Crippen LogP contribution in [0.15, 0.2) is 60.0 Å². The van der Waals surface area contributed by atoms with Crippen molar-refractivity contribution in [3.8, 4) is 11.5 Å². The van der Waals surface area contributed by atoms with Crippen molar-refractivity contribution >= 4 is 40.5 Å². The van der Waals surface area contributed by atoms with E-state index >= 15 is 0 Å². The molecule has 0 aliphatic carbocycles. The average molecular weight is 430 g/mol. The van der Waals surface area contributed by atoms with E-state index in [9.17, 15) is 14.9 Å². The molecule has 0 saturated carbocycles. The zero-order valence-electron chi connectivity index (χ0n) is 15.3. The largest absolute Gasteiger partial charge is 0.496 e. The highest BCUT2D eigenvalue weighted by Gasteiger charge is 2.12. The molecule has 0 radical (unpaired) electrons. The van der Waals surface area contributed by atoms with Crippen molar-refractivity contribution in [3.05, 3.63) is 91.1 Å². The molecule has 2 aromatic carbocycles. The van der Waals surface area contributed by atoms with E-state index in [0.717, 1.165) is 11.1 Å². The number of non-ortho nitro benzene ring substituents is 1. The Kier molecular flexibility index (Phi) is 6.64. The molecule has 0 bridgehead atoms. The molecule has 0 amide bonds. The Morgan fingerprint density at radius 1 is 1.21 bits per heavy atom. The van der Waals surface area contributed by atoms with Gasteiger partial charge in [-0.05, 0) is 41.3 Å². The molecule has 0 spiro atoms. The van der Waals surface area contributed by atoms with Crippen molar-refractivity contribution in [3.63, 3.8) is 0 Å². The van der Waals surface area contributed by atoms with E-state index in [2.05, 4.69) is 0 Å². The Labute approximate surface area is 176 Å². The summed E-state index contributed by atoms with van der Waals surface area (Å²) >= 11 is 7.46. The Bertz CT molecular complexity index is 1060. The lowest BCUT2D eigenvalue weighted by molar-refractivity contribution is -0.384. The number of nitro benzene ring substituents is 1. The number of ether oxygens (including phenoxy) is 2. The number of methoxy groups -OCH3 is 1. The van der Waals surface area contributed by atoms with Crippen LogP contribution in [0.4, 0.5) is 5.69 Å². The number of thiophene rings is 1. The number of nitrogens with zero attached hydrogens (tertiary/aromatic N) is 1. The monoisotopic (exact) mass is 429 g/mol. The van der Waals surface area contributed by atoms with Gasteiger partial charge in [0.1, 0.15) is 18.1 Å². The van der Waals surface area contributed by atoms with Crippen LogP contribution in [-0.2, 0) is 6.61 Å². The molecule has 1 aromatic heterocycles. The fraction of sp³-hybridized carbons (Fsp3) is 0.0952. The van der Waals surface area contributed by atoms with Crippen LogP contribution in [0.2, 0.25) is 5.02 Å². The van der Waals surface area contributed by atoms with E-state index in [0.29, 0.717) is 16.4 Å². The van der Waals surface area contributed by atoms with Crippen LogP contribution in [-0.4, -0.2) is 17.8 Å². The van der Waals surface area contributed by atoms with Crippen LogP contribution < -0.4 is 9.47 Å². The molecule has 0 aliphatic rings. The predicted molar refractivity (Wildman–Crippen MR) is 113 cm³/mol. The number of ketones is 1. The van der Waals surface area contributed by atoms with Gasteiger partial charge in [-0.25, -0.2) is 0 Å². The Balaban J connectivity index is 1.75. The first-order chi connectivity index (χ1) is 14.0. The lowest BCUT2D eigenvalue weighted by Crippen LogP contribution is -2.00. The molecule has 0 atom stereocenters. The summed E-state index contributed by atoms with van der Waals surface area (Å²) in [4.78, 5) is 23.1. The fourth-order valence-corrected chi connectivity index (χ4v) is 3.44. The molecule has 1 heterocycles. The second-order valence-electron chi connectivity index (χ2n) is 5.91. The number of hydrogen-bond acceptors (Lipinski definition) is 6. The van der Waals surface area contributed by atoms with Gasteiger partial charge in [0.2, 0.25) is 0 Å². The van der Waals surface area contributed by atoms with Crippen molar-refractivity contribution in [2.24, 2.45) is 0 Å². The van der Waals surface area contributed by atoms with Gasteiger partial charge in [-0.15, -0.1) is 11.3 Å². The topological polar surface area (TPSA) is 78.7 Å². The number of hydrogen-bond donors (Lipinski definition) is 0. The van der Waals surface area contributed by atoms with Crippen LogP contribution in [0.5, 0.6) is 11.5 Å². The summed E-state index contributed by atoms with van der Waals surface area (Å²) in [6.45, 7) is 0.140. The number of carbonyl (C=O) groups is 1. The van der Waals surface area contributed by atoms with Gasteiger partial charge in [-0.1, -0.05) is 29.8 Å². The first kappa shape index (κ1) is 20.6. The van der Waals surface area contributed by atoms with Crippen LogP contribution in [0.1, 0.15) is 20.8 Å². The van der Waals surface area contributed by atoms with Gasteiger partial charge in [0, 0.05) is 17.7 Å². The van der Waals surface area contributed by atoms with Gasteiger partial charge in [0.05, 0.1) is 21.9 Å². The van der Waals surface area contributed by atoms with Crippen molar-refractivity contribution in [1.29, 1.82) is 0 Å².